The summed E-state index contributed by atoms with van der Waals surface area (Å²) in [5.74, 6) is 2.91. The Morgan fingerprint density at radius 3 is 2.60 bits per heavy atom. The molecule has 0 saturated heterocycles. The number of anilines is 2. The van der Waals surface area contributed by atoms with E-state index in [0.29, 0.717) is 23.9 Å². The standard InChI is InChI=1S/C26H25F3N4O2/c1-15(16-4-2-5-19(10-16)26(27,28)29)30-24-20-6-3-7-21(20)31-25(32-24)33-9-8-17-11-22-23(35-14-34-22)12-18(17)13-33/h2,4-5,10-12,15H,3,6-9,13-14H2,1H3,(H,30,31,32)/t15-/m1/s1. The number of nitrogens with one attached hydrogen (secondary N) is 1. The highest BCUT2D eigenvalue weighted by Crippen LogP contribution is 2.38. The van der Waals surface area contributed by atoms with Crippen LogP contribution in [0.2, 0.25) is 0 Å². The van der Waals surface area contributed by atoms with Crippen LogP contribution < -0.4 is 19.7 Å². The molecule has 0 spiro atoms. The summed E-state index contributed by atoms with van der Waals surface area (Å²) >= 11 is 0. The van der Waals surface area contributed by atoms with Gasteiger partial charge in [-0.2, -0.15) is 18.2 Å². The van der Waals surface area contributed by atoms with Gasteiger partial charge in [-0.1, -0.05) is 12.1 Å². The van der Waals surface area contributed by atoms with Gasteiger partial charge in [-0.15, -0.1) is 0 Å². The molecule has 2 aromatic carbocycles. The van der Waals surface area contributed by atoms with Crippen LogP contribution in [0, 0.1) is 0 Å². The lowest BCUT2D eigenvalue weighted by Crippen LogP contribution is -2.32. The van der Waals surface area contributed by atoms with Crippen LogP contribution in [0.25, 0.3) is 0 Å². The maximum atomic E-state index is 13.2. The van der Waals surface area contributed by atoms with Crippen molar-refractivity contribution in [2.24, 2.45) is 0 Å². The van der Waals surface area contributed by atoms with Gasteiger partial charge in [-0.05, 0) is 73.6 Å². The summed E-state index contributed by atoms with van der Waals surface area (Å²) in [6, 6.07) is 9.20. The molecule has 3 aliphatic rings. The van der Waals surface area contributed by atoms with Crippen molar-refractivity contribution >= 4 is 11.8 Å². The second kappa shape index (κ2) is 8.32. The third-order valence-electron chi connectivity index (χ3n) is 6.98. The van der Waals surface area contributed by atoms with Gasteiger partial charge in [0.2, 0.25) is 12.7 Å². The van der Waals surface area contributed by atoms with Crippen molar-refractivity contribution in [2.75, 3.05) is 23.6 Å². The maximum Gasteiger partial charge on any atom is 0.416 e. The summed E-state index contributed by atoms with van der Waals surface area (Å²) in [6.45, 7) is 3.54. The molecule has 0 unspecified atom stereocenters. The maximum absolute atomic E-state index is 13.2. The smallest absolute Gasteiger partial charge is 0.416 e. The van der Waals surface area contributed by atoms with Gasteiger partial charge in [-0.25, -0.2) is 4.98 Å². The fourth-order valence-electron chi connectivity index (χ4n) is 5.07. The van der Waals surface area contributed by atoms with Crippen LogP contribution in [0.3, 0.4) is 0 Å². The van der Waals surface area contributed by atoms with Crippen LogP contribution in [0.15, 0.2) is 36.4 Å². The first kappa shape index (κ1) is 22.0. The summed E-state index contributed by atoms with van der Waals surface area (Å²) in [5.41, 5.74) is 4.40. The molecule has 6 rings (SSSR count). The number of alkyl halides is 3. The van der Waals surface area contributed by atoms with Crippen molar-refractivity contribution in [3.63, 3.8) is 0 Å². The number of hydrogen-bond donors (Lipinski definition) is 1. The van der Waals surface area contributed by atoms with Gasteiger partial charge < -0.3 is 19.7 Å². The zero-order chi connectivity index (χ0) is 24.2. The number of rotatable bonds is 4. The van der Waals surface area contributed by atoms with Crippen LogP contribution in [-0.4, -0.2) is 23.3 Å². The highest BCUT2D eigenvalue weighted by Gasteiger charge is 2.31. The van der Waals surface area contributed by atoms with E-state index in [4.69, 9.17) is 19.4 Å². The van der Waals surface area contributed by atoms with Crippen molar-refractivity contribution < 1.29 is 22.6 Å². The first-order valence-electron chi connectivity index (χ1n) is 11.8. The summed E-state index contributed by atoms with van der Waals surface area (Å²) in [4.78, 5) is 11.9. The fraction of sp³-hybridized carbons (Fsp3) is 0.385. The molecule has 1 aliphatic carbocycles. The number of nitrogens with zero attached hydrogens (tertiary/aromatic N) is 3. The number of aryl methyl sites for hydroxylation is 1. The van der Waals surface area contributed by atoms with Crippen LogP contribution >= 0.6 is 0 Å². The van der Waals surface area contributed by atoms with Gasteiger partial charge in [0.15, 0.2) is 11.5 Å². The second-order valence-electron chi connectivity index (χ2n) is 9.29. The molecule has 6 nitrogen and oxygen atoms in total. The molecule has 3 aromatic rings. The molecule has 0 amide bonds. The van der Waals surface area contributed by atoms with E-state index in [1.807, 2.05) is 13.0 Å². The van der Waals surface area contributed by atoms with Crippen LogP contribution in [0.5, 0.6) is 11.5 Å². The predicted molar refractivity (Wildman–Crippen MR) is 125 cm³/mol. The Kier molecular flexibility index (Phi) is 5.23. The Balaban J connectivity index is 1.28. The Labute approximate surface area is 201 Å². The molecule has 0 bridgehead atoms. The second-order valence-corrected chi connectivity index (χ2v) is 9.29. The Morgan fingerprint density at radius 2 is 1.80 bits per heavy atom. The summed E-state index contributed by atoms with van der Waals surface area (Å²) in [5, 5.41) is 3.39. The van der Waals surface area contributed by atoms with Gasteiger partial charge >= 0.3 is 6.18 Å². The number of benzene rings is 2. The third-order valence-corrected chi connectivity index (χ3v) is 6.98. The van der Waals surface area contributed by atoms with E-state index < -0.39 is 11.7 Å². The van der Waals surface area contributed by atoms with E-state index in [1.165, 1.54) is 17.7 Å². The molecule has 1 N–H and O–H groups in total. The normalized spacial score (nSPS) is 17.2. The number of halogens is 3. The molecule has 182 valence electrons. The minimum absolute atomic E-state index is 0.245. The van der Waals surface area contributed by atoms with Crippen LogP contribution in [0.4, 0.5) is 24.9 Å². The average Bonchev–Trinajstić information content (AvgIpc) is 3.51. The minimum atomic E-state index is -4.37. The summed E-state index contributed by atoms with van der Waals surface area (Å²) in [7, 11) is 0. The highest BCUT2D eigenvalue weighted by atomic mass is 19.4. The molecule has 1 aromatic heterocycles. The van der Waals surface area contributed by atoms with E-state index in [-0.39, 0.29) is 12.8 Å². The minimum Gasteiger partial charge on any atom is -0.454 e. The van der Waals surface area contributed by atoms with E-state index in [1.54, 1.807) is 6.07 Å². The lowest BCUT2D eigenvalue weighted by atomic mass is 9.99. The average molecular weight is 483 g/mol. The molecule has 9 heteroatoms. The Morgan fingerprint density at radius 1 is 1.00 bits per heavy atom. The van der Waals surface area contributed by atoms with Crippen molar-refractivity contribution in [1.82, 2.24) is 9.97 Å². The van der Waals surface area contributed by atoms with Crippen molar-refractivity contribution in [3.05, 3.63) is 69.9 Å². The zero-order valence-electron chi connectivity index (χ0n) is 19.3. The monoisotopic (exact) mass is 482 g/mol. The van der Waals surface area contributed by atoms with Crippen LogP contribution in [-0.2, 0) is 32.0 Å². The predicted octanol–water partition coefficient (Wildman–Crippen LogP) is 5.45. The summed E-state index contributed by atoms with van der Waals surface area (Å²) < 4.78 is 50.7. The van der Waals surface area contributed by atoms with Crippen molar-refractivity contribution in [1.29, 1.82) is 0 Å². The molecule has 0 radical (unpaired) electrons. The van der Waals surface area contributed by atoms with E-state index in [0.717, 1.165) is 66.6 Å². The topological polar surface area (TPSA) is 59.5 Å². The molecule has 35 heavy (non-hydrogen) atoms. The van der Waals surface area contributed by atoms with E-state index in [2.05, 4.69) is 16.3 Å². The van der Waals surface area contributed by atoms with Gasteiger partial charge in [0.1, 0.15) is 5.82 Å². The lowest BCUT2D eigenvalue weighted by molar-refractivity contribution is -0.137. The molecule has 1 atom stereocenters. The van der Waals surface area contributed by atoms with Gasteiger partial charge in [0.25, 0.3) is 0 Å². The first-order valence-corrected chi connectivity index (χ1v) is 11.8. The SMILES string of the molecule is C[C@@H](Nc1nc(N2CCc3cc4c(cc3C2)OCO4)nc2c1CCC2)c1cccc(C(F)(F)F)c1. The largest absolute Gasteiger partial charge is 0.454 e. The molecule has 0 fully saturated rings. The van der Waals surface area contributed by atoms with Gasteiger partial charge in [0.05, 0.1) is 11.3 Å². The van der Waals surface area contributed by atoms with Crippen molar-refractivity contribution in [3.8, 4) is 11.5 Å². The van der Waals surface area contributed by atoms with Crippen LogP contribution in [0.1, 0.15) is 52.9 Å². The zero-order valence-corrected chi connectivity index (χ0v) is 19.3. The molecular weight excluding hydrogens is 457 g/mol. The quantitative estimate of drug-likeness (QED) is 0.534. The lowest BCUT2D eigenvalue weighted by Gasteiger charge is -2.30. The van der Waals surface area contributed by atoms with Gasteiger partial charge in [-0.3, -0.25) is 0 Å². The van der Waals surface area contributed by atoms with Crippen molar-refractivity contribution in [2.45, 2.75) is 51.4 Å². The number of aromatic nitrogens is 2. The third kappa shape index (κ3) is 4.13. The molecule has 3 heterocycles. The Hall–Kier alpha value is -3.49. The first-order chi connectivity index (χ1) is 16.8. The van der Waals surface area contributed by atoms with E-state index >= 15 is 0 Å². The molecular formula is C26H25F3N4O2. The van der Waals surface area contributed by atoms with Gasteiger partial charge in [0, 0.05) is 24.7 Å². The van der Waals surface area contributed by atoms with E-state index in [9.17, 15) is 13.2 Å². The fourth-order valence-corrected chi connectivity index (χ4v) is 5.07. The molecule has 2 aliphatic heterocycles. The number of hydrogen-bond acceptors (Lipinski definition) is 6. The number of fused-ring (bicyclic) bond motifs is 3. The Bertz CT molecular complexity index is 1290. The highest BCUT2D eigenvalue weighted by molar-refractivity contribution is 5.56. The summed E-state index contributed by atoms with van der Waals surface area (Å²) in [6.07, 6.45) is -0.802. The molecule has 0 saturated carbocycles. The number of ether oxygens (including phenoxy) is 2.